The second kappa shape index (κ2) is 24.1. The molecule has 83 heavy (non-hydrogen) atoms. The first-order chi connectivity index (χ1) is 40.3. The zero-order valence-electron chi connectivity index (χ0n) is 44.9. The molecule has 5 atom stereocenters. The quantitative estimate of drug-likeness (QED) is 0.0312. The van der Waals surface area contributed by atoms with Crippen molar-refractivity contribution >= 4 is 85.2 Å². The summed E-state index contributed by atoms with van der Waals surface area (Å²) in [5.41, 5.74) is 15.8. The van der Waals surface area contributed by atoms with E-state index in [0.717, 1.165) is 65.9 Å². The summed E-state index contributed by atoms with van der Waals surface area (Å²) in [5, 5.41) is 27.0. The third-order valence-electron chi connectivity index (χ3n) is 15.6. The number of amides is 6. The Kier molecular flexibility index (Phi) is 15.8. The number of fused-ring (bicyclic) bond motifs is 7. The van der Waals surface area contributed by atoms with E-state index in [4.69, 9.17) is 10.5 Å². The Morgan fingerprint density at radius 2 is 0.759 bits per heavy atom. The molecular weight excluding hydrogens is 1050 g/mol. The van der Waals surface area contributed by atoms with E-state index in [0.29, 0.717) is 22.3 Å². The molecule has 0 bridgehead atoms. The smallest absolute Gasteiger partial charge is 0.407 e. The highest BCUT2D eigenvalue weighted by Crippen LogP contribution is 2.44. The van der Waals surface area contributed by atoms with Crippen LogP contribution in [0.4, 0.5) is 4.79 Å². The minimum atomic E-state index is -1.58. The van der Waals surface area contributed by atoms with E-state index < -0.39 is 84.6 Å². The van der Waals surface area contributed by atoms with Crippen molar-refractivity contribution in [1.82, 2.24) is 46.5 Å². The summed E-state index contributed by atoms with van der Waals surface area (Å²) in [6.07, 6.45) is 4.74. The molecule has 0 fully saturated rings. The van der Waals surface area contributed by atoms with Gasteiger partial charge in [0.15, 0.2) is 0 Å². The third-order valence-corrected chi connectivity index (χ3v) is 15.6. The molecule has 19 heteroatoms. The molecule has 4 heterocycles. The number of hydrogen-bond acceptors (Lipinski definition) is 8. The number of carboxylic acids is 1. The number of carbonyl (C=O) groups is 7. The molecule has 0 aliphatic heterocycles. The molecule has 1 aliphatic rings. The van der Waals surface area contributed by atoms with Crippen molar-refractivity contribution in [3.05, 3.63) is 204 Å². The fraction of sp³-hybridized carbons (Fsp3) is 0.203. The molecule has 11 rings (SSSR count). The maximum atomic E-state index is 15.1. The number of benzene rings is 6. The molecule has 0 saturated heterocycles. The molecule has 4 aromatic heterocycles. The van der Waals surface area contributed by atoms with Gasteiger partial charge >= 0.3 is 12.1 Å². The first kappa shape index (κ1) is 54.5. The molecule has 6 aromatic carbocycles. The number of rotatable bonds is 23. The van der Waals surface area contributed by atoms with Gasteiger partial charge in [0.2, 0.25) is 29.5 Å². The Morgan fingerprint density at radius 3 is 1.16 bits per heavy atom. The van der Waals surface area contributed by atoms with Gasteiger partial charge in [0.1, 0.15) is 36.8 Å². The van der Waals surface area contributed by atoms with Gasteiger partial charge in [0, 0.05) is 106 Å². The number of nitrogens with one attached hydrogen (secondary N) is 9. The molecule has 12 N–H and O–H groups in total. The Labute approximate surface area is 475 Å². The van der Waals surface area contributed by atoms with Gasteiger partial charge in [-0.2, -0.15) is 0 Å². The van der Waals surface area contributed by atoms with Crippen LogP contribution in [0.5, 0.6) is 0 Å². The molecule has 0 saturated carbocycles. The maximum Gasteiger partial charge on any atom is 0.407 e. The molecular formula is C64H60N10O9. The van der Waals surface area contributed by atoms with Gasteiger partial charge in [0.05, 0.1) is 0 Å². The van der Waals surface area contributed by atoms with Gasteiger partial charge in [-0.1, -0.05) is 121 Å². The monoisotopic (exact) mass is 1110 g/mol. The molecule has 1 aliphatic carbocycles. The average Bonchev–Trinajstić information content (AvgIpc) is 4.41. The predicted octanol–water partition coefficient (Wildman–Crippen LogP) is 7.08. The number of aromatic nitrogens is 4. The molecule has 0 radical (unpaired) electrons. The van der Waals surface area contributed by atoms with Gasteiger partial charge < -0.3 is 62.1 Å². The molecule has 6 amide bonds. The van der Waals surface area contributed by atoms with Crippen molar-refractivity contribution < 1.29 is 43.4 Å². The minimum Gasteiger partial charge on any atom is -0.481 e. The van der Waals surface area contributed by atoms with Crippen LogP contribution in [0, 0.1) is 0 Å². The van der Waals surface area contributed by atoms with E-state index >= 15 is 9.59 Å². The Hall–Kier alpha value is -10.4. The largest absolute Gasteiger partial charge is 0.481 e. The van der Waals surface area contributed by atoms with Crippen LogP contribution in [0.25, 0.3) is 54.7 Å². The van der Waals surface area contributed by atoms with Gasteiger partial charge in [-0.05, 0) is 75.2 Å². The fourth-order valence-corrected chi connectivity index (χ4v) is 11.3. The number of alkyl carbamates (subject to hydrolysis) is 1. The van der Waals surface area contributed by atoms with Crippen LogP contribution in [0.3, 0.4) is 0 Å². The number of nitrogens with two attached hydrogens (primary N) is 1. The number of H-pyrrole nitrogens is 4. The molecule has 0 unspecified atom stereocenters. The number of aliphatic carboxylic acids is 1. The van der Waals surface area contributed by atoms with E-state index in [-0.39, 0.29) is 38.2 Å². The Morgan fingerprint density at radius 1 is 0.434 bits per heavy atom. The van der Waals surface area contributed by atoms with Crippen molar-refractivity contribution in [3.63, 3.8) is 0 Å². The fourth-order valence-electron chi connectivity index (χ4n) is 11.3. The highest BCUT2D eigenvalue weighted by Gasteiger charge is 2.35. The lowest BCUT2D eigenvalue weighted by atomic mass is 9.98. The standard InChI is InChI=1S/C64H60N10O9/c65-59(77)54(27-36-31-66-49-21-9-5-13-40(36)49)71-62(80)56(29-38-33-68-51-23-11-7-15-42(38)51)72-60(78)53(25-26-58(75)76)70-61(79)55(28-37-32-67-50-22-10-6-14-41(37)50)73-63(81)57(30-39-34-69-52-24-12-8-16-43(39)52)74-64(82)83-35-48-46-19-3-1-17-44(46)45-18-2-4-20-47(45)48/h1-24,31-34,48,53-57,66-69H,25-30,35H2,(H2,65,77)(H,70,79)(H,71,80)(H,72,78)(H,73,81)(H,74,82)(H,75,76)/t53-,54-,55-,56-,57-/m0/s1. The van der Waals surface area contributed by atoms with Crippen molar-refractivity contribution in [2.75, 3.05) is 6.61 Å². The first-order valence-corrected chi connectivity index (χ1v) is 27.4. The second-order valence-corrected chi connectivity index (χ2v) is 20.9. The minimum absolute atomic E-state index is 0.0174. The van der Waals surface area contributed by atoms with Crippen molar-refractivity contribution in [3.8, 4) is 11.1 Å². The molecule has 19 nitrogen and oxygen atoms in total. The highest BCUT2D eigenvalue weighted by molar-refractivity contribution is 5.98. The summed E-state index contributed by atoms with van der Waals surface area (Å²) in [6, 6.07) is 38.5. The zero-order valence-corrected chi connectivity index (χ0v) is 44.9. The number of carboxylic acid groups (broad SMARTS) is 1. The molecule has 420 valence electrons. The third kappa shape index (κ3) is 12.0. The number of carbonyl (C=O) groups excluding carboxylic acids is 6. The van der Waals surface area contributed by atoms with E-state index in [1.165, 1.54) is 0 Å². The van der Waals surface area contributed by atoms with Crippen molar-refractivity contribution in [2.45, 2.75) is 74.7 Å². The van der Waals surface area contributed by atoms with Gasteiger partial charge in [-0.15, -0.1) is 0 Å². The lowest BCUT2D eigenvalue weighted by Crippen LogP contribution is -2.60. The van der Waals surface area contributed by atoms with E-state index in [1.807, 2.05) is 146 Å². The highest BCUT2D eigenvalue weighted by atomic mass is 16.5. The average molecular weight is 1110 g/mol. The van der Waals surface area contributed by atoms with E-state index in [1.54, 1.807) is 24.8 Å². The lowest BCUT2D eigenvalue weighted by Gasteiger charge is -2.27. The zero-order chi connectivity index (χ0) is 57.6. The van der Waals surface area contributed by atoms with Gasteiger partial charge in [-0.25, -0.2) is 4.79 Å². The van der Waals surface area contributed by atoms with Crippen molar-refractivity contribution in [1.29, 1.82) is 0 Å². The van der Waals surface area contributed by atoms with Crippen LogP contribution >= 0.6 is 0 Å². The van der Waals surface area contributed by atoms with Gasteiger partial charge in [0.25, 0.3) is 0 Å². The Balaban J connectivity index is 0.868. The summed E-state index contributed by atoms with van der Waals surface area (Å²) in [6.45, 7) is -0.0340. The molecule has 0 spiro atoms. The maximum absolute atomic E-state index is 15.1. The SMILES string of the molecule is NC(=O)[C@H](Cc1c[nH]c2ccccc12)NC(=O)[C@H](Cc1c[nH]c2ccccc12)NC(=O)[C@H](CCC(=O)O)NC(=O)[C@H](Cc1c[nH]c2ccccc12)NC(=O)[C@H](Cc1c[nH]c2ccccc12)NC(=O)OCC1c2ccccc2-c2ccccc21. The summed E-state index contributed by atoms with van der Waals surface area (Å²) >= 11 is 0. The number of hydrogen-bond donors (Lipinski definition) is 11. The summed E-state index contributed by atoms with van der Waals surface area (Å²) < 4.78 is 5.94. The van der Waals surface area contributed by atoms with Crippen molar-refractivity contribution in [2.24, 2.45) is 5.73 Å². The second-order valence-electron chi connectivity index (χ2n) is 20.9. The van der Waals surface area contributed by atoms with Gasteiger partial charge in [-0.3, -0.25) is 28.8 Å². The van der Waals surface area contributed by atoms with Crippen LogP contribution < -0.4 is 32.3 Å². The number of ether oxygens (including phenoxy) is 1. The summed E-state index contributed by atoms with van der Waals surface area (Å²) in [4.78, 5) is 112. The van der Waals surface area contributed by atoms with E-state index in [9.17, 15) is 29.1 Å². The summed E-state index contributed by atoms with van der Waals surface area (Å²) in [7, 11) is 0. The number of primary amides is 1. The first-order valence-electron chi connectivity index (χ1n) is 27.4. The lowest BCUT2D eigenvalue weighted by molar-refractivity contribution is -0.138. The van der Waals surface area contributed by atoms with Crippen LogP contribution in [0.1, 0.15) is 52.1 Å². The summed E-state index contributed by atoms with van der Waals surface area (Å²) in [5.74, 6) is -5.69. The van der Waals surface area contributed by atoms with Crippen LogP contribution in [0.15, 0.2) is 170 Å². The number of para-hydroxylation sites is 4. The van der Waals surface area contributed by atoms with E-state index in [2.05, 4.69) is 46.5 Å². The molecule has 10 aromatic rings. The van der Waals surface area contributed by atoms with Crippen LogP contribution in [-0.2, 0) is 59.2 Å². The van der Waals surface area contributed by atoms with Crippen LogP contribution in [-0.4, -0.2) is 103 Å². The predicted molar refractivity (Wildman–Crippen MR) is 314 cm³/mol. The topological polar surface area (TPSA) is 298 Å². The normalized spacial score (nSPS) is 13.8. The van der Waals surface area contributed by atoms with Crippen LogP contribution in [0.2, 0.25) is 0 Å². The Bertz CT molecular complexity index is 4040. The number of aromatic amines is 4.